The zero-order valence-corrected chi connectivity index (χ0v) is 13.7. The molecule has 0 heterocycles. The molecule has 0 saturated heterocycles. The van der Waals surface area contributed by atoms with Crippen molar-refractivity contribution in [2.75, 3.05) is 14.2 Å². The van der Waals surface area contributed by atoms with Crippen molar-refractivity contribution >= 4 is 0 Å². The quantitative estimate of drug-likeness (QED) is 0.882. The van der Waals surface area contributed by atoms with Gasteiger partial charge in [-0.15, -0.1) is 0 Å². The van der Waals surface area contributed by atoms with Crippen molar-refractivity contribution in [3.8, 4) is 11.5 Å². The molecule has 0 aromatic heterocycles. The molecule has 0 radical (unpaired) electrons. The molecule has 2 N–H and O–H groups in total. The molecule has 1 unspecified atom stereocenters. The van der Waals surface area contributed by atoms with Gasteiger partial charge in [0.15, 0.2) is 0 Å². The maximum Gasteiger partial charge on any atom is 0.118 e. The fraction of sp³-hybridized carbons (Fsp3) is 0.368. The van der Waals surface area contributed by atoms with E-state index in [2.05, 4.69) is 38.1 Å². The van der Waals surface area contributed by atoms with Crippen LogP contribution in [0.15, 0.2) is 48.5 Å². The van der Waals surface area contributed by atoms with E-state index in [1.165, 1.54) is 11.1 Å². The summed E-state index contributed by atoms with van der Waals surface area (Å²) < 4.78 is 10.5. The van der Waals surface area contributed by atoms with E-state index in [9.17, 15) is 0 Å². The number of hydrogen-bond acceptors (Lipinski definition) is 3. The van der Waals surface area contributed by atoms with Crippen molar-refractivity contribution < 1.29 is 9.47 Å². The van der Waals surface area contributed by atoms with Crippen LogP contribution in [0.25, 0.3) is 0 Å². The van der Waals surface area contributed by atoms with Crippen molar-refractivity contribution in [3.63, 3.8) is 0 Å². The summed E-state index contributed by atoms with van der Waals surface area (Å²) in [6.45, 7) is 4.31. The zero-order chi connectivity index (χ0) is 16.1. The molecule has 0 aliphatic heterocycles. The number of benzene rings is 2. The second-order valence-corrected chi connectivity index (χ2v) is 5.85. The van der Waals surface area contributed by atoms with Crippen LogP contribution in [0.3, 0.4) is 0 Å². The van der Waals surface area contributed by atoms with Crippen molar-refractivity contribution in [2.45, 2.75) is 25.8 Å². The van der Waals surface area contributed by atoms with Gasteiger partial charge in [-0.05, 0) is 41.3 Å². The zero-order valence-electron chi connectivity index (χ0n) is 13.7. The van der Waals surface area contributed by atoms with Gasteiger partial charge in [0.05, 0.1) is 14.2 Å². The lowest BCUT2D eigenvalue weighted by atomic mass is 9.81. The SMILES string of the molecule is COc1ccc(C(c2ccc(OC)cc2)C(N)C(C)C)cc1. The average Bonchev–Trinajstić information content (AvgIpc) is 2.56. The molecule has 0 fully saturated rings. The highest BCUT2D eigenvalue weighted by Gasteiger charge is 2.24. The van der Waals surface area contributed by atoms with E-state index in [0.717, 1.165) is 11.5 Å². The minimum Gasteiger partial charge on any atom is -0.497 e. The molecule has 22 heavy (non-hydrogen) atoms. The summed E-state index contributed by atoms with van der Waals surface area (Å²) in [5.41, 5.74) is 8.91. The van der Waals surface area contributed by atoms with Crippen LogP contribution in [-0.4, -0.2) is 20.3 Å². The van der Waals surface area contributed by atoms with Gasteiger partial charge in [0, 0.05) is 12.0 Å². The summed E-state index contributed by atoms with van der Waals surface area (Å²) in [5.74, 6) is 2.25. The molecule has 2 aromatic rings. The van der Waals surface area contributed by atoms with E-state index in [0.29, 0.717) is 5.92 Å². The molecular formula is C19H25NO2. The Hall–Kier alpha value is -2.00. The van der Waals surface area contributed by atoms with Crippen LogP contribution in [-0.2, 0) is 0 Å². The molecule has 118 valence electrons. The van der Waals surface area contributed by atoms with E-state index >= 15 is 0 Å². The van der Waals surface area contributed by atoms with E-state index in [1.807, 2.05) is 24.3 Å². The molecule has 2 rings (SSSR count). The summed E-state index contributed by atoms with van der Waals surface area (Å²) in [5, 5.41) is 0. The first-order chi connectivity index (χ1) is 10.6. The predicted octanol–water partition coefficient (Wildman–Crippen LogP) is 3.82. The van der Waals surface area contributed by atoms with Crippen molar-refractivity contribution in [1.29, 1.82) is 0 Å². The molecule has 0 spiro atoms. The van der Waals surface area contributed by atoms with Crippen LogP contribution in [0.5, 0.6) is 11.5 Å². The lowest BCUT2D eigenvalue weighted by molar-refractivity contribution is 0.412. The predicted molar refractivity (Wildman–Crippen MR) is 90.6 cm³/mol. The monoisotopic (exact) mass is 299 g/mol. The first-order valence-corrected chi connectivity index (χ1v) is 7.60. The van der Waals surface area contributed by atoms with Crippen molar-refractivity contribution in [2.24, 2.45) is 11.7 Å². The number of ether oxygens (including phenoxy) is 2. The number of hydrogen-bond donors (Lipinski definition) is 1. The molecule has 0 bridgehead atoms. The maximum absolute atomic E-state index is 6.50. The summed E-state index contributed by atoms with van der Waals surface area (Å²) in [6.07, 6.45) is 0. The summed E-state index contributed by atoms with van der Waals surface area (Å²) >= 11 is 0. The highest BCUT2D eigenvalue weighted by atomic mass is 16.5. The Bertz CT molecular complexity index is 528. The highest BCUT2D eigenvalue weighted by molar-refractivity contribution is 5.39. The van der Waals surface area contributed by atoms with Gasteiger partial charge in [-0.1, -0.05) is 38.1 Å². The summed E-state index contributed by atoms with van der Waals surface area (Å²) in [4.78, 5) is 0. The Balaban J connectivity index is 2.40. The maximum atomic E-state index is 6.50. The van der Waals surface area contributed by atoms with E-state index in [1.54, 1.807) is 14.2 Å². The Morgan fingerprint density at radius 3 is 1.36 bits per heavy atom. The van der Waals surface area contributed by atoms with Crippen LogP contribution in [0, 0.1) is 5.92 Å². The van der Waals surface area contributed by atoms with Gasteiger partial charge < -0.3 is 15.2 Å². The van der Waals surface area contributed by atoms with E-state index in [-0.39, 0.29) is 12.0 Å². The van der Waals surface area contributed by atoms with Crippen LogP contribution >= 0.6 is 0 Å². The lowest BCUT2D eigenvalue weighted by Gasteiger charge is -2.28. The Morgan fingerprint density at radius 2 is 1.09 bits per heavy atom. The molecule has 3 nitrogen and oxygen atoms in total. The first kappa shape index (κ1) is 16.4. The molecular weight excluding hydrogens is 274 g/mol. The molecule has 0 amide bonds. The fourth-order valence-corrected chi connectivity index (χ4v) is 2.64. The second-order valence-electron chi connectivity index (χ2n) is 5.85. The smallest absolute Gasteiger partial charge is 0.118 e. The Kier molecular flexibility index (Phi) is 5.45. The fourth-order valence-electron chi connectivity index (χ4n) is 2.64. The largest absolute Gasteiger partial charge is 0.497 e. The summed E-state index contributed by atoms with van der Waals surface area (Å²) in [7, 11) is 3.35. The van der Waals surface area contributed by atoms with E-state index in [4.69, 9.17) is 15.2 Å². The standard InChI is InChI=1S/C19H25NO2/c1-13(2)19(20)18(14-5-9-16(21-3)10-6-14)15-7-11-17(22-4)12-8-15/h5-13,18-19H,20H2,1-4H3. The van der Waals surface area contributed by atoms with Gasteiger partial charge in [0.25, 0.3) is 0 Å². The summed E-state index contributed by atoms with van der Waals surface area (Å²) in [6, 6.07) is 16.4. The second kappa shape index (κ2) is 7.32. The molecule has 0 saturated carbocycles. The van der Waals surface area contributed by atoms with Gasteiger partial charge in [0.1, 0.15) is 11.5 Å². The topological polar surface area (TPSA) is 44.5 Å². The molecule has 2 aromatic carbocycles. The Morgan fingerprint density at radius 1 is 0.727 bits per heavy atom. The van der Waals surface area contributed by atoms with Crippen LogP contribution in [0.4, 0.5) is 0 Å². The van der Waals surface area contributed by atoms with E-state index < -0.39 is 0 Å². The third-order valence-electron chi connectivity index (χ3n) is 4.10. The van der Waals surface area contributed by atoms with Crippen molar-refractivity contribution in [1.82, 2.24) is 0 Å². The first-order valence-electron chi connectivity index (χ1n) is 7.60. The molecule has 0 aliphatic rings. The van der Waals surface area contributed by atoms with Crippen LogP contribution < -0.4 is 15.2 Å². The normalized spacial score (nSPS) is 12.5. The third-order valence-corrected chi connectivity index (χ3v) is 4.10. The average molecular weight is 299 g/mol. The van der Waals surface area contributed by atoms with Gasteiger partial charge in [-0.2, -0.15) is 0 Å². The molecule has 1 atom stereocenters. The lowest BCUT2D eigenvalue weighted by Crippen LogP contribution is -2.34. The van der Waals surface area contributed by atoms with Crippen LogP contribution in [0.2, 0.25) is 0 Å². The third kappa shape index (κ3) is 3.60. The number of nitrogens with two attached hydrogens (primary N) is 1. The molecule has 0 aliphatic carbocycles. The highest BCUT2D eigenvalue weighted by Crippen LogP contribution is 2.32. The van der Waals surface area contributed by atoms with Crippen molar-refractivity contribution in [3.05, 3.63) is 59.7 Å². The number of methoxy groups -OCH3 is 2. The molecule has 3 heteroatoms. The van der Waals surface area contributed by atoms with Gasteiger partial charge in [-0.3, -0.25) is 0 Å². The van der Waals surface area contributed by atoms with Gasteiger partial charge >= 0.3 is 0 Å². The van der Waals surface area contributed by atoms with Crippen LogP contribution in [0.1, 0.15) is 30.9 Å². The van der Waals surface area contributed by atoms with Gasteiger partial charge in [0.2, 0.25) is 0 Å². The van der Waals surface area contributed by atoms with Gasteiger partial charge in [-0.25, -0.2) is 0 Å². The minimum atomic E-state index is 0.0433. The Labute approximate surface area is 133 Å². The number of rotatable bonds is 6. The minimum absolute atomic E-state index is 0.0433.